The molecular weight excluding hydrogens is 371 g/mol. The van der Waals surface area contributed by atoms with Crippen LogP contribution in [0.1, 0.15) is 36.5 Å². The summed E-state index contributed by atoms with van der Waals surface area (Å²) in [6.45, 7) is 1.91. The van der Waals surface area contributed by atoms with Gasteiger partial charge in [0, 0.05) is 0 Å². The first-order valence-electron chi connectivity index (χ1n) is 9.25. The molecule has 1 N–H and O–H groups in total. The van der Waals surface area contributed by atoms with E-state index in [1.54, 1.807) is 6.07 Å². The van der Waals surface area contributed by atoms with Crippen molar-refractivity contribution in [2.75, 3.05) is 18.5 Å². The molecule has 0 radical (unpaired) electrons. The van der Waals surface area contributed by atoms with Gasteiger partial charge in [0.15, 0.2) is 6.61 Å². The first-order valence-corrected chi connectivity index (χ1v) is 9.25. The van der Waals surface area contributed by atoms with Crippen LogP contribution in [-0.2, 0) is 23.8 Å². The van der Waals surface area contributed by atoms with Crippen molar-refractivity contribution >= 4 is 11.6 Å². The fourth-order valence-corrected chi connectivity index (χ4v) is 3.12. The Morgan fingerprint density at radius 2 is 1.86 bits per heavy atom. The summed E-state index contributed by atoms with van der Waals surface area (Å²) in [6.07, 6.45) is -0.678. The number of alkyl halides is 3. The second-order valence-corrected chi connectivity index (χ2v) is 6.68. The monoisotopic (exact) mass is 393 g/mol. The maximum absolute atomic E-state index is 13.0. The summed E-state index contributed by atoms with van der Waals surface area (Å²) in [6, 6.07) is 8.72. The molecular formula is C21H22F3NO3. The number of benzene rings is 2. The minimum atomic E-state index is -4.51. The minimum absolute atomic E-state index is 0.0224. The molecule has 1 aliphatic carbocycles. The average Bonchev–Trinajstić information content (AvgIpc) is 3.12. The molecule has 0 spiro atoms. The van der Waals surface area contributed by atoms with E-state index in [-0.39, 0.29) is 18.0 Å². The number of fused-ring (bicyclic) bond motifs is 1. The van der Waals surface area contributed by atoms with Crippen LogP contribution in [0.3, 0.4) is 0 Å². The van der Waals surface area contributed by atoms with Gasteiger partial charge in [-0.25, -0.2) is 0 Å². The van der Waals surface area contributed by atoms with Crippen LogP contribution in [0.2, 0.25) is 0 Å². The van der Waals surface area contributed by atoms with Crippen molar-refractivity contribution in [2.45, 2.75) is 38.8 Å². The number of carbonyl (C=O) groups excluding carboxylic acids is 1. The van der Waals surface area contributed by atoms with E-state index in [1.807, 2.05) is 19.1 Å². The van der Waals surface area contributed by atoms with E-state index in [1.165, 1.54) is 17.2 Å². The van der Waals surface area contributed by atoms with Gasteiger partial charge in [-0.05, 0) is 67.1 Å². The minimum Gasteiger partial charge on any atom is -0.491 e. The Bertz CT molecular complexity index is 849. The van der Waals surface area contributed by atoms with Gasteiger partial charge < -0.3 is 14.8 Å². The van der Waals surface area contributed by atoms with Crippen LogP contribution in [0.15, 0.2) is 36.4 Å². The second-order valence-electron chi connectivity index (χ2n) is 6.68. The molecule has 1 amide bonds. The van der Waals surface area contributed by atoms with Gasteiger partial charge in [0.05, 0.1) is 17.9 Å². The molecule has 0 aliphatic heterocycles. The van der Waals surface area contributed by atoms with Crippen molar-refractivity contribution in [3.8, 4) is 11.5 Å². The van der Waals surface area contributed by atoms with Crippen LogP contribution < -0.4 is 14.8 Å². The number of hydrogen-bond donors (Lipinski definition) is 1. The first-order chi connectivity index (χ1) is 13.4. The highest BCUT2D eigenvalue weighted by Gasteiger charge is 2.31. The Balaban J connectivity index is 1.67. The highest BCUT2D eigenvalue weighted by molar-refractivity contribution is 5.93. The summed E-state index contributed by atoms with van der Waals surface area (Å²) in [5, 5.41) is 2.47. The lowest BCUT2D eigenvalue weighted by Crippen LogP contribution is -2.21. The van der Waals surface area contributed by atoms with Gasteiger partial charge >= 0.3 is 6.18 Å². The standard InChI is InChI=1S/C21H22F3NO3/c1-2-10-27-19-9-7-16(21(22,23)24)12-18(19)25-20(26)13-28-17-8-6-14-4-3-5-15(14)11-17/h6-9,11-12H,2-5,10,13H2,1H3,(H,25,26). The summed E-state index contributed by atoms with van der Waals surface area (Å²) in [7, 11) is 0. The summed E-state index contributed by atoms with van der Waals surface area (Å²) in [5.41, 5.74) is 1.63. The molecule has 0 fully saturated rings. The number of carbonyl (C=O) groups is 1. The lowest BCUT2D eigenvalue weighted by atomic mass is 10.1. The second kappa shape index (κ2) is 8.54. The Morgan fingerprint density at radius 1 is 1.07 bits per heavy atom. The normalized spacial score (nSPS) is 13.1. The zero-order valence-electron chi connectivity index (χ0n) is 15.6. The van der Waals surface area contributed by atoms with E-state index in [9.17, 15) is 18.0 Å². The molecule has 4 nitrogen and oxygen atoms in total. The Hall–Kier alpha value is -2.70. The van der Waals surface area contributed by atoms with Crippen LogP contribution in [0.5, 0.6) is 11.5 Å². The van der Waals surface area contributed by atoms with Crippen LogP contribution in [0, 0.1) is 0 Å². The fraction of sp³-hybridized carbons (Fsp3) is 0.381. The number of ether oxygens (including phenoxy) is 2. The van der Waals surface area contributed by atoms with Gasteiger partial charge in [-0.3, -0.25) is 4.79 Å². The number of aryl methyl sites for hydroxylation is 2. The largest absolute Gasteiger partial charge is 0.491 e. The van der Waals surface area contributed by atoms with Crippen LogP contribution in [-0.4, -0.2) is 19.1 Å². The van der Waals surface area contributed by atoms with Gasteiger partial charge in [-0.2, -0.15) is 13.2 Å². The fourth-order valence-electron chi connectivity index (χ4n) is 3.12. The van der Waals surface area contributed by atoms with Gasteiger partial charge in [-0.1, -0.05) is 13.0 Å². The van der Waals surface area contributed by atoms with E-state index >= 15 is 0 Å². The molecule has 0 heterocycles. The zero-order valence-corrected chi connectivity index (χ0v) is 15.6. The number of rotatable bonds is 7. The molecule has 3 rings (SSSR count). The van der Waals surface area contributed by atoms with Gasteiger partial charge in [0.1, 0.15) is 11.5 Å². The van der Waals surface area contributed by atoms with Crippen LogP contribution in [0.4, 0.5) is 18.9 Å². The lowest BCUT2D eigenvalue weighted by Gasteiger charge is -2.15. The molecule has 28 heavy (non-hydrogen) atoms. The summed E-state index contributed by atoms with van der Waals surface area (Å²) < 4.78 is 49.9. The number of amides is 1. The molecule has 2 aromatic rings. The molecule has 0 atom stereocenters. The molecule has 2 aromatic carbocycles. The van der Waals surface area contributed by atoms with E-state index in [2.05, 4.69) is 5.32 Å². The Morgan fingerprint density at radius 3 is 2.61 bits per heavy atom. The number of nitrogens with one attached hydrogen (secondary N) is 1. The number of anilines is 1. The van der Waals surface area contributed by atoms with E-state index in [0.29, 0.717) is 18.8 Å². The van der Waals surface area contributed by atoms with E-state index in [0.717, 1.165) is 31.4 Å². The molecule has 0 aromatic heterocycles. The third kappa shape index (κ3) is 4.97. The van der Waals surface area contributed by atoms with Gasteiger partial charge in [0.25, 0.3) is 5.91 Å². The van der Waals surface area contributed by atoms with Gasteiger partial charge in [0.2, 0.25) is 0 Å². The number of hydrogen-bond acceptors (Lipinski definition) is 3. The topological polar surface area (TPSA) is 47.6 Å². The van der Waals surface area contributed by atoms with Crippen LogP contribution >= 0.6 is 0 Å². The zero-order chi connectivity index (χ0) is 20.1. The molecule has 0 unspecified atom stereocenters. The van der Waals surface area contributed by atoms with Crippen LogP contribution in [0.25, 0.3) is 0 Å². The van der Waals surface area contributed by atoms with Crippen molar-refractivity contribution in [3.05, 3.63) is 53.1 Å². The van der Waals surface area contributed by atoms with Crippen molar-refractivity contribution in [1.82, 2.24) is 0 Å². The predicted octanol–water partition coefficient (Wildman–Crippen LogP) is 5.00. The van der Waals surface area contributed by atoms with E-state index < -0.39 is 17.6 Å². The Kier molecular flexibility index (Phi) is 6.11. The maximum Gasteiger partial charge on any atom is 0.416 e. The first kappa shape index (κ1) is 20.0. The highest BCUT2D eigenvalue weighted by Crippen LogP contribution is 2.35. The molecule has 0 saturated heterocycles. The maximum atomic E-state index is 13.0. The van der Waals surface area contributed by atoms with Gasteiger partial charge in [-0.15, -0.1) is 0 Å². The highest BCUT2D eigenvalue weighted by atomic mass is 19.4. The number of halogens is 3. The molecule has 150 valence electrons. The summed E-state index contributed by atoms with van der Waals surface area (Å²) >= 11 is 0. The van der Waals surface area contributed by atoms with Crippen molar-refractivity contribution in [1.29, 1.82) is 0 Å². The molecule has 0 bridgehead atoms. The summed E-state index contributed by atoms with van der Waals surface area (Å²) in [5.74, 6) is 0.212. The third-order valence-corrected chi connectivity index (χ3v) is 4.48. The Labute approximate surface area is 161 Å². The van der Waals surface area contributed by atoms with Crippen molar-refractivity contribution in [2.24, 2.45) is 0 Å². The lowest BCUT2D eigenvalue weighted by molar-refractivity contribution is -0.137. The third-order valence-electron chi connectivity index (χ3n) is 4.48. The average molecular weight is 393 g/mol. The smallest absolute Gasteiger partial charge is 0.416 e. The molecule has 7 heteroatoms. The SMILES string of the molecule is CCCOc1ccc(C(F)(F)F)cc1NC(=O)COc1ccc2c(c1)CCC2. The summed E-state index contributed by atoms with van der Waals surface area (Å²) in [4.78, 5) is 12.2. The predicted molar refractivity (Wildman–Crippen MR) is 99.8 cm³/mol. The van der Waals surface area contributed by atoms with Crippen molar-refractivity contribution < 1.29 is 27.4 Å². The van der Waals surface area contributed by atoms with Crippen molar-refractivity contribution in [3.63, 3.8) is 0 Å². The quantitative estimate of drug-likeness (QED) is 0.720. The molecule has 0 saturated carbocycles. The van der Waals surface area contributed by atoms with E-state index in [4.69, 9.17) is 9.47 Å². The molecule has 1 aliphatic rings.